The summed E-state index contributed by atoms with van der Waals surface area (Å²) in [4.78, 5) is 14.5. The molecule has 1 saturated heterocycles. The van der Waals surface area contributed by atoms with Gasteiger partial charge in [-0.2, -0.15) is 0 Å². The maximum Gasteiger partial charge on any atom is 0.247 e. The smallest absolute Gasteiger partial charge is 0.247 e. The summed E-state index contributed by atoms with van der Waals surface area (Å²) in [5.74, 6) is 2.09. The van der Waals surface area contributed by atoms with E-state index in [1.807, 2.05) is 23.1 Å². The monoisotopic (exact) mass is 411 g/mol. The van der Waals surface area contributed by atoms with Crippen molar-refractivity contribution in [2.24, 2.45) is 0 Å². The van der Waals surface area contributed by atoms with Crippen molar-refractivity contribution in [3.8, 4) is 11.5 Å². The first-order valence-electron chi connectivity index (χ1n) is 9.68. The van der Waals surface area contributed by atoms with E-state index in [4.69, 9.17) is 4.42 Å². The van der Waals surface area contributed by atoms with E-state index in [0.717, 1.165) is 25.1 Å². The summed E-state index contributed by atoms with van der Waals surface area (Å²) >= 11 is 1.63. The first-order valence-corrected chi connectivity index (χ1v) is 10.8. The molecular weight excluding hydrogens is 389 g/mol. The highest BCUT2D eigenvalue weighted by molar-refractivity contribution is 7.99. The standard InChI is InChI=1S/C22H22FN3O2S/c23-19-10-8-17(9-11-19)21-24-25-22(28-21)18-7-4-12-26(13-18)20(27)15-29-14-16-5-2-1-3-6-16/h1-3,5-6,8-11,18H,4,7,12-15H2. The van der Waals surface area contributed by atoms with Gasteiger partial charge in [-0.15, -0.1) is 22.0 Å². The zero-order valence-electron chi connectivity index (χ0n) is 16.0. The van der Waals surface area contributed by atoms with Crippen molar-refractivity contribution in [3.05, 3.63) is 71.9 Å². The first kappa shape index (κ1) is 19.6. The van der Waals surface area contributed by atoms with E-state index in [0.29, 0.717) is 29.6 Å². The Bertz CT molecular complexity index is 946. The highest BCUT2D eigenvalue weighted by Crippen LogP contribution is 2.29. The number of carbonyl (C=O) groups excluding carboxylic acids is 1. The summed E-state index contributed by atoms with van der Waals surface area (Å²) < 4.78 is 18.9. The van der Waals surface area contributed by atoms with Crippen LogP contribution < -0.4 is 0 Å². The Morgan fingerprint density at radius 3 is 2.72 bits per heavy atom. The van der Waals surface area contributed by atoms with Crippen molar-refractivity contribution in [1.29, 1.82) is 0 Å². The van der Waals surface area contributed by atoms with E-state index in [9.17, 15) is 9.18 Å². The fraction of sp³-hybridized carbons (Fsp3) is 0.318. The third-order valence-corrected chi connectivity index (χ3v) is 5.98. The molecule has 1 fully saturated rings. The van der Waals surface area contributed by atoms with Crippen LogP contribution in [0.25, 0.3) is 11.5 Å². The fourth-order valence-electron chi connectivity index (χ4n) is 3.44. The van der Waals surface area contributed by atoms with Gasteiger partial charge in [-0.25, -0.2) is 4.39 Å². The maximum absolute atomic E-state index is 13.1. The van der Waals surface area contributed by atoms with Crippen LogP contribution in [0.15, 0.2) is 59.0 Å². The average molecular weight is 412 g/mol. The molecule has 0 radical (unpaired) electrons. The number of rotatable bonds is 6. The molecule has 3 aromatic rings. The lowest BCUT2D eigenvalue weighted by Crippen LogP contribution is -2.40. The van der Waals surface area contributed by atoms with Crippen LogP contribution in [-0.2, 0) is 10.5 Å². The van der Waals surface area contributed by atoms with Gasteiger partial charge >= 0.3 is 0 Å². The van der Waals surface area contributed by atoms with Crippen molar-refractivity contribution < 1.29 is 13.6 Å². The van der Waals surface area contributed by atoms with Gasteiger partial charge in [0.1, 0.15) is 5.82 Å². The highest BCUT2D eigenvalue weighted by Gasteiger charge is 2.28. The second kappa shape index (κ2) is 9.22. The molecular formula is C22H22FN3O2S. The number of likely N-dealkylation sites (tertiary alicyclic amines) is 1. The number of nitrogens with zero attached hydrogens (tertiary/aromatic N) is 3. The van der Waals surface area contributed by atoms with E-state index in [2.05, 4.69) is 22.3 Å². The fourth-order valence-corrected chi connectivity index (χ4v) is 4.32. The molecule has 29 heavy (non-hydrogen) atoms. The van der Waals surface area contributed by atoms with E-state index in [1.165, 1.54) is 17.7 Å². The van der Waals surface area contributed by atoms with E-state index in [1.54, 1.807) is 23.9 Å². The van der Waals surface area contributed by atoms with Crippen LogP contribution in [0, 0.1) is 5.82 Å². The summed E-state index contributed by atoms with van der Waals surface area (Å²) in [6.45, 7) is 1.36. The number of benzene rings is 2. The largest absolute Gasteiger partial charge is 0.420 e. The van der Waals surface area contributed by atoms with Crippen molar-refractivity contribution in [3.63, 3.8) is 0 Å². The van der Waals surface area contributed by atoms with E-state index < -0.39 is 0 Å². The van der Waals surface area contributed by atoms with Crippen molar-refractivity contribution in [1.82, 2.24) is 15.1 Å². The number of piperidine rings is 1. The van der Waals surface area contributed by atoms with Crippen molar-refractivity contribution in [2.75, 3.05) is 18.8 Å². The number of amides is 1. The molecule has 4 rings (SSSR count). The number of halogens is 1. The Morgan fingerprint density at radius 2 is 1.93 bits per heavy atom. The second-order valence-corrected chi connectivity index (χ2v) is 8.10. The van der Waals surface area contributed by atoms with Crippen LogP contribution in [0.3, 0.4) is 0 Å². The van der Waals surface area contributed by atoms with Crippen LogP contribution in [-0.4, -0.2) is 39.8 Å². The van der Waals surface area contributed by atoms with Gasteiger partial charge in [-0.3, -0.25) is 4.79 Å². The lowest BCUT2D eigenvalue weighted by atomic mass is 9.98. The zero-order valence-corrected chi connectivity index (χ0v) is 16.8. The SMILES string of the molecule is O=C(CSCc1ccccc1)N1CCCC(c2nnc(-c3ccc(F)cc3)o2)C1. The summed E-state index contributed by atoms with van der Waals surface area (Å²) in [5, 5.41) is 8.28. The van der Waals surface area contributed by atoms with Gasteiger partial charge in [0.2, 0.25) is 17.7 Å². The van der Waals surface area contributed by atoms with E-state index >= 15 is 0 Å². The minimum atomic E-state index is -0.306. The van der Waals surface area contributed by atoms with Crippen LogP contribution in [0.2, 0.25) is 0 Å². The predicted molar refractivity (Wildman–Crippen MR) is 111 cm³/mol. The van der Waals surface area contributed by atoms with Crippen LogP contribution in [0.1, 0.15) is 30.2 Å². The molecule has 5 nitrogen and oxygen atoms in total. The normalized spacial score (nSPS) is 16.7. The quantitative estimate of drug-likeness (QED) is 0.597. The Labute approximate surface area is 173 Å². The molecule has 0 N–H and O–H groups in total. The van der Waals surface area contributed by atoms with Gasteiger partial charge in [0, 0.05) is 24.4 Å². The van der Waals surface area contributed by atoms with Crippen LogP contribution >= 0.6 is 11.8 Å². The Hall–Kier alpha value is -2.67. The molecule has 1 aliphatic rings. The number of aromatic nitrogens is 2. The zero-order chi connectivity index (χ0) is 20.1. The molecule has 0 aliphatic carbocycles. The molecule has 7 heteroatoms. The van der Waals surface area contributed by atoms with Crippen molar-refractivity contribution >= 4 is 17.7 Å². The third-order valence-electron chi connectivity index (χ3n) is 4.99. The molecule has 150 valence electrons. The molecule has 1 unspecified atom stereocenters. The van der Waals surface area contributed by atoms with Crippen LogP contribution in [0.4, 0.5) is 4.39 Å². The molecule has 0 bridgehead atoms. The number of thioether (sulfide) groups is 1. The van der Waals surface area contributed by atoms with Gasteiger partial charge in [0.05, 0.1) is 11.7 Å². The minimum Gasteiger partial charge on any atom is -0.420 e. The number of hydrogen-bond acceptors (Lipinski definition) is 5. The molecule has 0 saturated carbocycles. The molecule has 2 heterocycles. The summed E-state index contributed by atoms with van der Waals surface area (Å²) in [5.41, 5.74) is 1.91. The summed E-state index contributed by atoms with van der Waals surface area (Å²) in [7, 11) is 0. The average Bonchev–Trinajstić information content (AvgIpc) is 3.25. The molecule has 1 aliphatic heterocycles. The Kier molecular flexibility index (Phi) is 6.24. The molecule has 1 amide bonds. The molecule has 2 aromatic carbocycles. The minimum absolute atomic E-state index is 0.0357. The maximum atomic E-state index is 13.1. The van der Waals surface area contributed by atoms with Crippen LogP contribution in [0.5, 0.6) is 0 Å². The van der Waals surface area contributed by atoms with Gasteiger partial charge < -0.3 is 9.32 Å². The van der Waals surface area contributed by atoms with Gasteiger partial charge in [0.15, 0.2) is 0 Å². The van der Waals surface area contributed by atoms with Gasteiger partial charge in [-0.1, -0.05) is 30.3 Å². The molecule has 1 atom stereocenters. The summed E-state index contributed by atoms with van der Waals surface area (Å²) in [6.07, 6.45) is 1.82. The Balaban J connectivity index is 1.33. The number of hydrogen-bond donors (Lipinski definition) is 0. The lowest BCUT2D eigenvalue weighted by molar-refractivity contribution is -0.129. The first-order chi connectivity index (χ1) is 14.2. The molecule has 0 spiro atoms. The summed E-state index contributed by atoms with van der Waals surface area (Å²) in [6, 6.07) is 16.1. The molecule has 1 aromatic heterocycles. The van der Waals surface area contributed by atoms with Gasteiger partial charge in [0.25, 0.3) is 0 Å². The van der Waals surface area contributed by atoms with E-state index in [-0.39, 0.29) is 17.6 Å². The highest BCUT2D eigenvalue weighted by atomic mass is 32.2. The second-order valence-electron chi connectivity index (χ2n) is 7.11. The number of carbonyl (C=O) groups is 1. The lowest BCUT2D eigenvalue weighted by Gasteiger charge is -2.31. The topological polar surface area (TPSA) is 59.2 Å². The van der Waals surface area contributed by atoms with Crippen molar-refractivity contribution in [2.45, 2.75) is 24.5 Å². The predicted octanol–water partition coefficient (Wildman–Crippen LogP) is 4.52. The Morgan fingerprint density at radius 1 is 1.14 bits per heavy atom. The third kappa shape index (κ3) is 5.03. The van der Waals surface area contributed by atoms with Gasteiger partial charge in [-0.05, 0) is 42.7 Å².